The van der Waals surface area contributed by atoms with Gasteiger partial charge in [0.2, 0.25) is 0 Å². The number of aliphatic carboxylic acids is 1. The van der Waals surface area contributed by atoms with E-state index in [1.165, 1.54) is 0 Å². The van der Waals surface area contributed by atoms with Gasteiger partial charge in [-0.1, -0.05) is 20.8 Å². The SMILES string of the molecule is CCNC(CN1CCC(N(CC)CC)C1)(C(=O)O)C1CC1. The summed E-state index contributed by atoms with van der Waals surface area (Å²) >= 11 is 0. The van der Waals surface area contributed by atoms with E-state index in [1.807, 2.05) is 6.92 Å². The molecule has 2 fully saturated rings. The minimum Gasteiger partial charge on any atom is -0.480 e. The number of rotatable bonds is 9. The number of carbonyl (C=O) groups is 1. The Morgan fingerprint density at radius 1 is 1.29 bits per heavy atom. The molecule has 1 aliphatic heterocycles. The maximum absolute atomic E-state index is 11.9. The Morgan fingerprint density at radius 2 is 1.95 bits per heavy atom. The van der Waals surface area contributed by atoms with Crippen LogP contribution in [0.1, 0.15) is 40.0 Å². The molecule has 2 atom stereocenters. The van der Waals surface area contributed by atoms with Crippen molar-refractivity contribution in [2.75, 3.05) is 39.3 Å². The van der Waals surface area contributed by atoms with Crippen molar-refractivity contribution in [3.05, 3.63) is 0 Å². The Morgan fingerprint density at radius 3 is 2.43 bits per heavy atom. The van der Waals surface area contributed by atoms with E-state index in [-0.39, 0.29) is 0 Å². The molecule has 5 nitrogen and oxygen atoms in total. The molecule has 2 N–H and O–H groups in total. The highest BCUT2D eigenvalue weighted by Crippen LogP contribution is 2.41. The van der Waals surface area contributed by atoms with E-state index >= 15 is 0 Å². The van der Waals surface area contributed by atoms with Crippen LogP contribution in [0.5, 0.6) is 0 Å². The van der Waals surface area contributed by atoms with Crippen molar-refractivity contribution in [1.82, 2.24) is 15.1 Å². The van der Waals surface area contributed by atoms with Gasteiger partial charge in [0, 0.05) is 19.1 Å². The second kappa shape index (κ2) is 7.07. The van der Waals surface area contributed by atoms with Crippen LogP contribution in [0.3, 0.4) is 0 Å². The number of likely N-dealkylation sites (N-methyl/N-ethyl adjacent to an activating group) is 2. The Kier molecular flexibility index (Phi) is 5.63. The maximum Gasteiger partial charge on any atom is 0.325 e. The number of carboxylic acid groups (broad SMARTS) is 1. The van der Waals surface area contributed by atoms with E-state index in [9.17, 15) is 9.90 Å². The van der Waals surface area contributed by atoms with Crippen molar-refractivity contribution in [2.24, 2.45) is 5.92 Å². The monoisotopic (exact) mass is 297 g/mol. The number of nitrogens with one attached hydrogen (secondary N) is 1. The van der Waals surface area contributed by atoms with Crippen molar-refractivity contribution in [3.8, 4) is 0 Å². The smallest absolute Gasteiger partial charge is 0.325 e. The van der Waals surface area contributed by atoms with Gasteiger partial charge >= 0.3 is 5.97 Å². The zero-order chi connectivity index (χ0) is 15.5. The van der Waals surface area contributed by atoms with E-state index < -0.39 is 11.5 Å². The topological polar surface area (TPSA) is 55.8 Å². The first-order valence-corrected chi connectivity index (χ1v) is 8.52. The standard InChI is InChI=1S/C16H31N3O2/c1-4-17-16(15(20)21,13-7-8-13)12-18-10-9-14(11-18)19(5-2)6-3/h13-14,17H,4-12H2,1-3H3,(H,20,21). The fourth-order valence-corrected chi connectivity index (χ4v) is 3.89. The average Bonchev–Trinajstić information content (AvgIpc) is 3.21. The van der Waals surface area contributed by atoms with Crippen molar-refractivity contribution in [3.63, 3.8) is 0 Å². The molecule has 1 aliphatic carbocycles. The Hall–Kier alpha value is -0.650. The average molecular weight is 297 g/mol. The molecule has 122 valence electrons. The highest BCUT2D eigenvalue weighted by Gasteiger charge is 2.52. The van der Waals surface area contributed by atoms with Crippen LogP contribution in [0.4, 0.5) is 0 Å². The zero-order valence-electron chi connectivity index (χ0n) is 13.8. The molecule has 0 spiro atoms. The first-order chi connectivity index (χ1) is 10.1. The number of nitrogens with zero attached hydrogens (tertiary/aromatic N) is 2. The van der Waals surface area contributed by atoms with Crippen molar-refractivity contribution >= 4 is 5.97 Å². The van der Waals surface area contributed by atoms with Gasteiger partial charge in [-0.2, -0.15) is 0 Å². The summed E-state index contributed by atoms with van der Waals surface area (Å²) in [5.74, 6) is -0.361. The van der Waals surface area contributed by atoms with Gasteiger partial charge in [0.1, 0.15) is 5.54 Å². The lowest BCUT2D eigenvalue weighted by Crippen LogP contribution is -2.60. The van der Waals surface area contributed by atoms with Gasteiger partial charge in [0.25, 0.3) is 0 Å². The quantitative estimate of drug-likeness (QED) is 0.671. The highest BCUT2D eigenvalue weighted by atomic mass is 16.4. The van der Waals surface area contributed by atoms with Crippen molar-refractivity contribution in [1.29, 1.82) is 0 Å². The second-order valence-corrected chi connectivity index (χ2v) is 6.48. The first-order valence-electron chi connectivity index (χ1n) is 8.52. The molecule has 1 saturated carbocycles. The third-order valence-corrected chi connectivity index (χ3v) is 5.20. The van der Waals surface area contributed by atoms with E-state index in [2.05, 4.69) is 29.0 Å². The van der Waals surface area contributed by atoms with Gasteiger partial charge in [0.15, 0.2) is 0 Å². The molecule has 1 heterocycles. The molecule has 2 unspecified atom stereocenters. The molecule has 0 radical (unpaired) electrons. The summed E-state index contributed by atoms with van der Waals surface area (Å²) in [5, 5.41) is 13.1. The second-order valence-electron chi connectivity index (χ2n) is 6.48. The third-order valence-electron chi connectivity index (χ3n) is 5.20. The van der Waals surface area contributed by atoms with Gasteiger partial charge in [0.05, 0.1) is 0 Å². The van der Waals surface area contributed by atoms with Crippen LogP contribution >= 0.6 is 0 Å². The molecular formula is C16H31N3O2. The predicted octanol–water partition coefficient (Wildman–Crippen LogP) is 1.25. The summed E-state index contributed by atoms with van der Waals surface area (Å²) in [6.45, 7) is 12.0. The summed E-state index contributed by atoms with van der Waals surface area (Å²) in [4.78, 5) is 16.8. The fraction of sp³-hybridized carbons (Fsp3) is 0.938. The van der Waals surface area contributed by atoms with Gasteiger partial charge in [-0.05, 0) is 51.4 Å². The van der Waals surface area contributed by atoms with Gasteiger partial charge in [-0.15, -0.1) is 0 Å². The molecule has 21 heavy (non-hydrogen) atoms. The van der Waals surface area contributed by atoms with Crippen LogP contribution in [-0.4, -0.2) is 71.7 Å². The molecule has 5 heteroatoms. The van der Waals surface area contributed by atoms with E-state index in [1.54, 1.807) is 0 Å². The third kappa shape index (κ3) is 3.58. The number of hydrogen-bond acceptors (Lipinski definition) is 4. The fourth-order valence-electron chi connectivity index (χ4n) is 3.89. The Labute approximate surface area is 128 Å². The first kappa shape index (κ1) is 16.7. The minimum atomic E-state index is -0.729. The summed E-state index contributed by atoms with van der Waals surface area (Å²) < 4.78 is 0. The predicted molar refractivity (Wildman–Crippen MR) is 84.5 cm³/mol. The molecule has 0 amide bonds. The lowest BCUT2D eigenvalue weighted by molar-refractivity contribution is -0.147. The summed E-state index contributed by atoms with van der Waals surface area (Å²) in [5.41, 5.74) is -0.729. The highest BCUT2D eigenvalue weighted by molar-refractivity contribution is 5.80. The van der Waals surface area contributed by atoms with Gasteiger partial charge < -0.3 is 10.4 Å². The van der Waals surface area contributed by atoms with E-state index in [0.29, 0.717) is 18.5 Å². The van der Waals surface area contributed by atoms with Gasteiger partial charge in [-0.3, -0.25) is 14.6 Å². The Bertz CT molecular complexity index is 355. The Balaban J connectivity index is 2.00. The van der Waals surface area contributed by atoms with Crippen LogP contribution < -0.4 is 5.32 Å². The van der Waals surface area contributed by atoms with Crippen LogP contribution in [-0.2, 0) is 4.79 Å². The summed E-state index contributed by atoms with van der Waals surface area (Å²) in [7, 11) is 0. The van der Waals surface area contributed by atoms with Crippen LogP contribution in [0.15, 0.2) is 0 Å². The molecule has 1 saturated heterocycles. The van der Waals surface area contributed by atoms with Crippen molar-refractivity contribution in [2.45, 2.75) is 51.6 Å². The van der Waals surface area contributed by atoms with Gasteiger partial charge in [-0.25, -0.2) is 0 Å². The molecule has 0 aromatic rings. The number of likely N-dealkylation sites (tertiary alicyclic amines) is 1. The molecule has 2 rings (SSSR count). The molecule has 0 aromatic heterocycles. The van der Waals surface area contributed by atoms with E-state index in [4.69, 9.17) is 0 Å². The van der Waals surface area contributed by atoms with Crippen LogP contribution in [0.25, 0.3) is 0 Å². The molecule has 0 aromatic carbocycles. The zero-order valence-corrected chi connectivity index (χ0v) is 13.8. The van der Waals surface area contributed by atoms with Crippen molar-refractivity contribution < 1.29 is 9.90 Å². The lowest BCUT2D eigenvalue weighted by atomic mass is 9.92. The normalized spacial score (nSPS) is 26.2. The van der Waals surface area contributed by atoms with Crippen LogP contribution in [0, 0.1) is 5.92 Å². The number of carboxylic acids is 1. The van der Waals surface area contributed by atoms with Crippen LogP contribution in [0.2, 0.25) is 0 Å². The minimum absolute atomic E-state index is 0.308. The summed E-state index contributed by atoms with van der Waals surface area (Å²) in [6, 6.07) is 0.590. The molecule has 0 bridgehead atoms. The van der Waals surface area contributed by atoms with E-state index in [0.717, 1.165) is 52.0 Å². The lowest BCUT2D eigenvalue weighted by Gasteiger charge is -2.35. The molecular weight excluding hydrogens is 266 g/mol. The number of hydrogen-bond donors (Lipinski definition) is 2. The largest absolute Gasteiger partial charge is 0.480 e. The summed E-state index contributed by atoms with van der Waals surface area (Å²) in [6.07, 6.45) is 3.26. The maximum atomic E-state index is 11.9. The molecule has 2 aliphatic rings.